The monoisotopic (exact) mass is 364 g/mol. The lowest BCUT2D eigenvalue weighted by molar-refractivity contribution is -0.169. The highest BCUT2D eigenvalue weighted by molar-refractivity contribution is 9.10. The molecule has 2 saturated carbocycles. The molecular formula is C18H25BrN2O. The maximum Gasteiger partial charge on any atom is 0.102 e. The Balaban J connectivity index is 1.66. The summed E-state index contributed by atoms with van der Waals surface area (Å²) < 4.78 is 7.32. The standard InChI is InChI=1S/C18H25BrN2O/c1-22-18(16-7-17(19)9-20-8-16)14-3-2-4-15(18)12-21(11-14)10-13-5-6-13/h7-9,13-15H,2-6,10-12H2,1H3. The van der Waals surface area contributed by atoms with Crippen LogP contribution in [-0.2, 0) is 10.3 Å². The average molecular weight is 365 g/mol. The lowest BCUT2D eigenvalue weighted by Crippen LogP contribution is -2.59. The van der Waals surface area contributed by atoms with Gasteiger partial charge in [-0.3, -0.25) is 4.98 Å². The van der Waals surface area contributed by atoms with Crippen LogP contribution >= 0.6 is 15.9 Å². The highest BCUT2D eigenvalue weighted by Crippen LogP contribution is 2.52. The van der Waals surface area contributed by atoms with Crippen LogP contribution in [0.1, 0.15) is 37.7 Å². The average Bonchev–Trinajstić information content (AvgIpc) is 3.30. The fraction of sp³-hybridized carbons (Fsp3) is 0.722. The first-order chi connectivity index (χ1) is 10.7. The molecule has 22 heavy (non-hydrogen) atoms. The van der Waals surface area contributed by atoms with E-state index in [4.69, 9.17) is 4.74 Å². The summed E-state index contributed by atoms with van der Waals surface area (Å²) in [5, 5.41) is 0. The predicted octanol–water partition coefficient (Wildman–Crippen LogP) is 3.83. The SMILES string of the molecule is COC1(c2cncc(Br)c2)C2CCCC1CN(CC1CC1)C2. The molecule has 3 fully saturated rings. The molecule has 4 heteroatoms. The second-order valence-corrected chi connectivity index (χ2v) is 8.29. The number of pyridine rings is 1. The van der Waals surface area contributed by atoms with Gasteiger partial charge < -0.3 is 9.64 Å². The van der Waals surface area contributed by atoms with E-state index < -0.39 is 0 Å². The van der Waals surface area contributed by atoms with E-state index in [1.54, 1.807) is 0 Å². The van der Waals surface area contributed by atoms with Crippen LogP contribution in [0.4, 0.5) is 0 Å². The molecule has 3 nitrogen and oxygen atoms in total. The number of fused-ring (bicyclic) bond motifs is 2. The van der Waals surface area contributed by atoms with E-state index in [2.05, 4.69) is 31.9 Å². The van der Waals surface area contributed by atoms with Crippen LogP contribution in [0.3, 0.4) is 0 Å². The van der Waals surface area contributed by atoms with Crippen molar-refractivity contribution in [2.45, 2.75) is 37.7 Å². The molecule has 0 spiro atoms. The van der Waals surface area contributed by atoms with Crippen molar-refractivity contribution in [3.05, 3.63) is 28.5 Å². The van der Waals surface area contributed by atoms with E-state index in [-0.39, 0.29) is 5.60 Å². The van der Waals surface area contributed by atoms with Gasteiger partial charge in [-0.2, -0.15) is 0 Å². The maximum absolute atomic E-state index is 6.27. The number of halogens is 1. The zero-order valence-electron chi connectivity index (χ0n) is 13.3. The minimum atomic E-state index is -0.130. The molecule has 2 heterocycles. The molecule has 1 aliphatic heterocycles. The Kier molecular flexibility index (Phi) is 4.04. The van der Waals surface area contributed by atoms with Crippen molar-refractivity contribution in [2.75, 3.05) is 26.7 Å². The third kappa shape index (κ3) is 2.53. The van der Waals surface area contributed by atoms with Gasteiger partial charge in [0.1, 0.15) is 5.60 Å². The highest BCUT2D eigenvalue weighted by atomic mass is 79.9. The van der Waals surface area contributed by atoms with Crippen LogP contribution in [0, 0.1) is 17.8 Å². The molecule has 1 aromatic rings. The summed E-state index contributed by atoms with van der Waals surface area (Å²) in [5.41, 5.74) is 1.14. The number of hydrogen-bond acceptors (Lipinski definition) is 3. The first-order valence-electron chi connectivity index (χ1n) is 8.61. The summed E-state index contributed by atoms with van der Waals surface area (Å²) in [6, 6.07) is 2.22. The molecular weight excluding hydrogens is 340 g/mol. The van der Waals surface area contributed by atoms with Gasteiger partial charge in [-0.25, -0.2) is 0 Å². The van der Waals surface area contributed by atoms with Gasteiger partial charge in [0.15, 0.2) is 0 Å². The Morgan fingerprint density at radius 3 is 2.55 bits per heavy atom. The quantitative estimate of drug-likeness (QED) is 0.811. The number of methoxy groups -OCH3 is 1. The van der Waals surface area contributed by atoms with E-state index in [1.165, 1.54) is 57.3 Å². The minimum Gasteiger partial charge on any atom is -0.373 e. The number of likely N-dealkylation sites (tertiary alicyclic amines) is 1. The van der Waals surface area contributed by atoms with E-state index in [0.29, 0.717) is 11.8 Å². The minimum absolute atomic E-state index is 0.130. The van der Waals surface area contributed by atoms with E-state index in [9.17, 15) is 0 Å². The summed E-state index contributed by atoms with van der Waals surface area (Å²) in [5.74, 6) is 2.17. The molecule has 1 saturated heterocycles. The van der Waals surface area contributed by atoms with Gasteiger partial charge in [0.25, 0.3) is 0 Å². The van der Waals surface area contributed by atoms with Gasteiger partial charge in [0.05, 0.1) is 0 Å². The smallest absolute Gasteiger partial charge is 0.102 e. The second-order valence-electron chi connectivity index (χ2n) is 7.38. The van der Waals surface area contributed by atoms with Crippen molar-refractivity contribution >= 4 is 15.9 Å². The van der Waals surface area contributed by atoms with Crippen molar-refractivity contribution in [1.29, 1.82) is 0 Å². The Hall–Kier alpha value is -0.450. The molecule has 0 N–H and O–H groups in total. The molecule has 120 valence electrons. The normalized spacial score (nSPS) is 35.5. The lowest BCUT2D eigenvalue weighted by Gasteiger charge is -2.55. The van der Waals surface area contributed by atoms with Crippen LogP contribution in [-0.4, -0.2) is 36.6 Å². The molecule has 0 aromatic carbocycles. The number of aromatic nitrogens is 1. The van der Waals surface area contributed by atoms with Gasteiger partial charge in [-0.05, 0) is 53.6 Å². The van der Waals surface area contributed by atoms with Gasteiger partial charge in [-0.15, -0.1) is 0 Å². The second kappa shape index (κ2) is 5.88. The third-order valence-electron chi connectivity index (χ3n) is 5.98. The fourth-order valence-corrected chi connectivity index (χ4v) is 5.25. The molecule has 3 aliphatic rings. The third-order valence-corrected chi connectivity index (χ3v) is 6.42. The molecule has 2 unspecified atom stereocenters. The molecule has 2 bridgehead atoms. The van der Waals surface area contributed by atoms with Crippen LogP contribution < -0.4 is 0 Å². The van der Waals surface area contributed by atoms with Gasteiger partial charge >= 0.3 is 0 Å². The van der Waals surface area contributed by atoms with E-state index in [1.807, 2.05) is 19.5 Å². The molecule has 4 rings (SSSR count). The molecule has 2 atom stereocenters. The summed E-state index contributed by atoms with van der Waals surface area (Å²) in [6.45, 7) is 3.68. The lowest BCUT2D eigenvalue weighted by atomic mass is 9.62. The van der Waals surface area contributed by atoms with Crippen LogP contribution in [0.5, 0.6) is 0 Å². The zero-order valence-corrected chi connectivity index (χ0v) is 14.9. The summed E-state index contributed by atoms with van der Waals surface area (Å²) >= 11 is 3.59. The number of nitrogens with zero attached hydrogens (tertiary/aromatic N) is 2. The highest BCUT2D eigenvalue weighted by Gasteiger charge is 2.53. The van der Waals surface area contributed by atoms with Gasteiger partial charge in [-0.1, -0.05) is 6.42 Å². The van der Waals surface area contributed by atoms with E-state index >= 15 is 0 Å². The Labute approximate surface area is 141 Å². The van der Waals surface area contributed by atoms with Crippen molar-refractivity contribution in [2.24, 2.45) is 17.8 Å². The summed E-state index contributed by atoms with van der Waals surface area (Å²) in [4.78, 5) is 7.13. The summed E-state index contributed by atoms with van der Waals surface area (Å²) in [6.07, 6.45) is 10.7. The number of rotatable bonds is 4. The van der Waals surface area contributed by atoms with Crippen LogP contribution in [0.25, 0.3) is 0 Å². The maximum atomic E-state index is 6.27. The number of piperidine rings is 1. The van der Waals surface area contributed by atoms with E-state index in [0.717, 1.165) is 10.4 Å². The Morgan fingerprint density at radius 2 is 1.95 bits per heavy atom. The number of ether oxygens (including phenoxy) is 1. The van der Waals surface area contributed by atoms with Crippen LogP contribution in [0.15, 0.2) is 22.9 Å². The molecule has 2 aliphatic carbocycles. The van der Waals surface area contributed by atoms with Crippen molar-refractivity contribution in [3.63, 3.8) is 0 Å². The van der Waals surface area contributed by atoms with Crippen molar-refractivity contribution in [3.8, 4) is 0 Å². The first-order valence-corrected chi connectivity index (χ1v) is 9.40. The molecule has 0 radical (unpaired) electrons. The fourth-order valence-electron chi connectivity index (χ4n) is 4.89. The van der Waals surface area contributed by atoms with Crippen LogP contribution in [0.2, 0.25) is 0 Å². The number of hydrogen-bond donors (Lipinski definition) is 0. The zero-order chi connectivity index (χ0) is 15.2. The van der Waals surface area contributed by atoms with Gasteiger partial charge in [0.2, 0.25) is 0 Å². The molecule has 0 amide bonds. The van der Waals surface area contributed by atoms with Crippen molar-refractivity contribution in [1.82, 2.24) is 9.88 Å². The summed E-state index contributed by atoms with van der Waals surface area (Å²) in [7, 11) is 1.91. The topological polar surface area (TPSA) is 25.4 Å². The Morgan fingerprint density at radius 1 is 1.23 bits per heavy atom. The van der Waals surface area contributed by atoms with Crippen molar-refractivity contribution < 1.29 is 4.74 Å². The molecule has 1 aromatic heterocycles. The van der Waals surface area contributed by atoms with Gasteiger partial charge in [0, 0.05) is 61.0 Å². The largest absolute Gasteiger partial charge is 0.373 e. The Bertz CT molecular complexity index is 532. The first kappa shape index (κ1) is 15.1. The predicted molar refractivity (Wildman–Crippen MR) is 90.6 cm³/mol.